The maximum absolute atomic E-state index is 4.35. The highest BCUT2D eigenvalue weighted by Gasteiger charge is 2.03. The molecule has 0 fully saturated rings. The number of aromatic nitrogens is 2. The van der Waals surface area contributed by atoms with E-state index in [1.807, 2.05) is 11.8 Å². The van der Waals surface area contributed by atoms with Crippen LogP contribution in [-0.4, -0.2) is 21.2 Å². The molecule has 74 valence electrons. The summed E-state index contributed by atoms with van der Waals surface area (Å²) in [6.45, 7) is 7.33. The normalized spacial score (nSPS) is 10.8. The Labute approximate surface area is 87.5 Å². The molecule has 0 atom stereocenters. The first kappa shape index (κ1) is 10.8. The van der Waals surface area contributed by atoms with Crippen LogP contribution in [0.3, 0.4) is 0 Å². The van der Waals surface area contributed by atoms with Crippen LogP contribution >= 0.6 is 23.3 Å². The van der Waals surface area contributed by atoms with Crippen LogP contribution in [0.5, 0.6) is 0 Å². The number of nitrogens with zero attached hydrogens (tertiary/aromatic N) is 2. The molecule has 0 aromatic carbocycles. The van der Waals surface area contributed by atoms with Crippen LogP contribution in [0.1, 0.15) is 26.6 Å². The lowest BCUT2D eigenvalue weighted by atomic mass is 10.6. The van der Waals surface area contributed by atoms with Crippen molar-refractivity contribution in [2.75, 3.05) is 11.9 Å². The van der Waals surface area contributed by atoms with E-state index in [-0.39, 0.29) is 0 Å². The van der Waals surface area contributed by atoms with Crippen molar-refractivity contribution >= 4 is 28.4 Å². The van der Waals surface area contributed by atoms with E-state index in [1.165, 1.54) is 11.5 Å². The molecular weight excluding hydrogens is 202 g/mol. The Kier molecular flexibility index (Phi) is 4.52. The Morgan fingerprint density at radius 1 is 1.54 bits per heavy atom. The van der Waals surface area contributed by atoms with Crippen LogP contribution in [0.25, 0.3) is 0 Å². The summed E-state index contributed by atoms with van der Waals surface area (Å²) in [6, 6.07) is 0. The van der Waals surface area contributed by atoms with Gasteiger partial charge in [-0.1, -0.05) is 13.8 Å². The minimum atomic E-state index is 0.645. The van der Waals surface area contributed by atoms with E-state index in [0.29, 0.717) is 5.25 Å². The minimum absolute atomic E-state index is 0.645. The molecule has 0 aliphatic rings. The van der Waals surface area contributed by atoms with E-state index in [0.717, 1.165) is 23.3 Å². The Hall–Kier alpha value is -0.290. The second kappa shape index (κ2) is 5.44. The largest absolute Gasteiger partial charge is 0.361 e. The van der Waals surface area contributed by atoms with Gasteiger partial charge in [0.1, 0.15) is 0 Å². The van der Waals surface area contributed by atoms with E-state index in [2.05, 4.69) is 35.4 Å². The van der Waals surface area contributed by atoms with E-state index >= 15 is 0 Å². The highest BCUT2D eigenvalue weighted by atomic mass is 32.2. The third-order valence-electron chi connectivity index (χ3n) is 1.34. The van der Waals surface area contributed by atoms with Gasteiger partial charge in [0.25, 0.3) is 0 Å². The van der Waals surface area contributed by atoms with Gasteiger partial charge in [-0.05, 0) is 12.2 Å². The zero-order valence-corrected chi connectivity index (χ0v) is 9.84. The molecular formula is C8H15N3S2. The van der Waals surface area contributed by atoms with Gasteiger partial charge in [0.05, 0.1) is 5.75 Å². The fourth-order valence-corrected chi connectivity index (χ4v) is 2.12. The summed E-state index contributed by atoms with van der Waals surface area (Å²) in [6.07, 6.45) is 0. The standard InChI is InChI=1S/C8H15N3S2/c1-4-9-8-10-7(11-13-8)5-12-6(2)3/h6H,4-5H2,1-3H3,(H,9,10,11). The summed E-state index contributed by atoms with van der Waals surface area (Å²) >= 11 is 3.31. The van der Waals surface area contributed by atoms with Crippen molar-refractivity contribution < 1.29 is 0 Å². The van der Waals surface area contributed by atoms with Gasteiger partial charge in [0.2, 0.25) is 5.13 Å². The predicted molar refractivity (Wildman–Crippen MR) is 60.5 cm³/mol. The Bertz CT molecular complexity index is 247. The zero-order valence-electron chi connectivity index (χ0n) is 8.20. The summed E-state index contributed by atoms with van der Waals surface area (Å²) < 4.78 is 4.25. The smallest absolute Gasteiger partial charge is 0.202 e. The number of anilines is 1. The molecule has 0 saturated heterocycles. The summed E-state index contributed by atoms with van der Waals surface area (Å²) in [4.78, 5) is 4.35. The molecule has 0 aliphatic heterocycles. The molecule has 13 heavy (non-hydrogen) atoms. The predicted octanol–water partition coefficient (Wildman–Crippen LogP) is 2.61. The number of rotatable bonds is 5. The number of thioether (sulfide) groups is 1. The van der Waals surface area contributed by atoms with E-state index < -0.39 is 0 Å². The van der Waals surface area contributed by atoms with Crippen LogP contribution in [0.15, 0.2) is 0 Å². The summed E-state index contributed by atoms with van der Waals surface area (Å²) in [5.41, 5.74) is 0. The third kappa shape index (κ3) is 3.95. The molecule has 1 heterocycles. The fraction of sp³-hybridized carbons (Fsp3) is 0.750. The SMILES string of the molecule is CCNc1nc(CSC(C)C)ns1. The van der Waals surface area contributed by atoms with Gasteiger partial charge in [-0.15, -0.1) is 0 Å². The molecule has 0 radical (unpaired) electrons. The molecule has 1 rings (SSSR count). The summed E-state index contributed by atoms with van der Waals surface area (Å²) in [5.74, 6) is 1.86. The van der Waals surface area contributed by atoms with Crippen LogP contribution < -0.4 is 5.32 Å². The third-order valence-corrected chi connectivity index (χ3v) is 3.14. The van der Waals surface area contributed by atoms with Crippen molar-refractivity contribution in [2.24, 2.45) is 0 Å². The highest BCUT2D eigenvalue weighted by molar-refractivity contribution is 7.99. The molecule has 5 heteroatoms. The maximum atomic E-state index is 4.35. The van der Waals surface area contributed by atoms with Gasteiger partial charge in [0, 0.05) is 18.1 Å². The molecule has 1 N–H and O–H groups in total. The quantitative estimate of drug-likeness (QED) is 0.822. The molecule has 3 nitrogen and oxygen atoms in total. The van der Waals surface area contributed by atoms with Gasteiger partial charge in [-0.3, -0.25) is 0 Å². The molecule has 0 unspecified atom stereocenters. The zero-order chi connectivity index (χ0) is 9.68. The molecule has 0 spiro atoms. The summed E-state index contributed by atoms with van der Waals surface area (Å²) in [7, 11) is 0. The van der Waals surface area contributed by atoms with Crippen LogP contribution in [0.2, 0.25) is 0 Å². The molecule has 0 amide bonds. The first-order valence-electron chi connectivity index (χ1n) is 4.40. The van der Waals surface area contributed by atoms with Crippen LogP contribution in [-0.2, 0) is 5.75 Å². The van der Waals surface area contributed by atoms with Gasteiger partial charge in [-0.2, -0.15) is 16.1 Å². The molecule has 0 saturated carbocycles. The lowest BCUT2D eigenvalue weighted by molar-refractivity contribution is 1.08. The highest BCUT2D eigenvalue weighted by Crippen LogP contribution is 2.18. The Morgan fingerprint density at radius 3 is 2.92 bits per heavy atom. The lowest BCUT2D eigenvalue weighted by Gasteiger charge is -1.99. The second-order valence-electron chi connectivity index (χ2n) is 2.91. The topological polar surface area (TPSA) is 37.8 Å². The lowest BCUT2D eigenvalue weighted by Crippen LogP contribution is -1.96. The van der Waals surface area contributed by atoms with Gasteiger partial charge < -0.3 is 5.32 Å². The van der Waals surface area contributed by atoms with Crippen LogP contribution in [0.4, 0.5) is 5.13 Å². The van der Waals surface area contributed by atoms with Crippen molar-refractivity contribution in [3.05, 3.63) is 5.82 Å². The Balaban J connectivity index is 2.39. The maximum Gasteiger partial charge on any atom is 0.202 e. The van der Waals surface area contributed by atoms with Crippen molar-refractivity contribution in [2.45, 2.75) is 31.8 Å². The van der Waals surface area contributed by atoms with Crippen molar-refractivity contribution in [3.63, 3.8) is 0 Å². The van der Waals surface area contributed by atoms with Crippen molar-refractivity contribution in [3.8, 4) is 0 Å². The monoisotopic (exact) mass is 217 g/mol. The van der Waals surface area contributed by atoms with Gasteiger partial charge in [-0.25, -0.2) is 4.98 Å². The molecule has 0 aliphatic carbocycles. The first-order chi connectivity index (χ1) is 6.22. The van der Waals surface area contributed by atoms with E-state index in [4.69, 9.17) is 0 Å². The first-order valence-corrected chi connectivity index (χ1v) is 6.22. The number of hydrogen-bond acceptors (Lipinski definition) is 5. The average Bonchev–Trinajstić information content (AvgIpc) is 2.50. The summed E-state index contributed by atoms with van der Waals surface area (Å²) in [5, 5.41) is 4.73. The van der Waals surface area contributed by atoms with E-state index in [9.17, 15) is 0 Å². The molecule has 1 aromatic rings. The molecule has 1 aromatic heterocycles. The van der Waals surface area contributed by atoms with Crippen LogP contribution in [0, 0.1) is 0 Å². The fourth-order valence-electron chi connectivity index (χ4n) is 0.777. The van der Waals surface area contributed by atoms with Gasteiger partial charge >= 0.3 is 0 Å². The van der Waals surface area contributed by atoms with Crippen molar-refractivity contribution in [1.82, 2.24) is 9.36 Å². The number of nitrogens with one attached hydrogen (secondary N) is 1. The van der Waals surface area contributed by atoms with E-state index in [1.54, 1.807) is 0 Å². The molecule has 0 bridgehead atoms. The Morgan fingerprint density at radius 2 is 2.31 bits per heavy atom. The van der Waals surface area contributed by atoms with Crippen molar-refractivity contribution in [1.29, 1.82) is 0 Å². The number of hydrogen-bond donors (Lipinski definition) is 1. The second-order valence-corrected chi connectivity index (χ2v) is 5.22. The minimum Gasteiger partial charge on any atom is -0.361 e. The average molecular weight is 217 g/mol. The van der Waals surface area contributed by atoms with Gasteiger partial charge in [0.15, 0.2) is 5.82 Å².